The summed E-state index contributed by atoms with van der Waals surface area (Å²) in [4.78, 5) is 8.25. The summed E-state index contributed by atoms with van der Waals surface area (Å²) in [5, 5.41) is 0. The van der Waals surface area contributed by atoms with E-state index in [4.69, 9.17) is 23.3 Å². The number of hydrogen-bond acceptors (Lipinski definition) is 5. The first-order valence-corrected chi connectivity index (χ1v) is 21.0. The third kappa shape index (κ3) is 7.64. The lowest BCUT2D eigenvalue weighted by atomic mass is 10.1. The molecule has 0 spiro atoms. The highest BCUT2D eigenvalue weighted by Gasteiger charge is 2.47. The van der Waals surface area contributed by atoms with E-state index in [1.165, 1.54) is 0 Å². The van der Waals surface area contributed by atoms with E-state index in [9.17, 15) is 4.39 Å². The van der Waals surface area contributed by atoms with Crippen LogP contribution in [0.25, 0.3) is 11.3 Å². The molecule has 0 unspecified atom stereocenters. The van der Waals surface area contributed by atoms with Gasteiger partial charge in [-0.25, -0.2) is 9.38 Å². The summed E-state index contributed by atoms with van der Waals surface area (Å²) >= 11 is 0. The number of nitrogens with one attached hydrogen (secondary N) is 1. The Bertz CT molecular complexity index is 1200. The number of halogens is 1. The van der Waals surface area contributed by atoms with E-state index < -0.39 is 29.4 Å². The van der Waals surface area contributed by atoms with E-state index in [0.717, 1.165) is 22.7 Å². The lowest BCUT2D eigenvalue weighted by Gasteiger charge is -2.42. The molecule has 0 saturated carbocycles. The largest absolute Gasteiger partial charge is 0.543 e. The maximum atomic E-state index is 13.4. The molecule has 1 aliphatic heterocycles. The molecule has 0 bridgehead atoms. The molecular formula is C35H59FN2O4Si2. The molecule has 1 aromatic heterocycles. The van der Waals surface area contributed by atoms with E-state index >= 15 is 0 Å². The van der Waals surface area contributed by atoms with Crippen LogP contribution < -0.4 is 9.16 Å². The molecule has 248 valence electrons. The lowest BCUT2D eigenvalue weighted by Crippen LogP contribution is -2.50. The molecule has 44 heavy (non-hydrogen) atoms. The molecule has 0 saturated heterocycles. The van der Waals surface area contributed by atoms with Crippen molar-refractivity contribution in [3.05, 3.63) is 36.0 Å². The summed E-state index contributed by atoms with van der Waals surface area (Å²) in [5.41, 5.74) is 5.44. The summed E-state index contributed by atoms with van der Waals surface area (Å²) in [6.45, 7) is 29.7. The first kappa shape index (κ1) is 36.4. The molecule has 0 fully saturated rings. The minimum atomic E-state index is -2.22. The van der Waals surface area contributed by atoms with E-state index in [1.54, 1.807) is 6.92 Å². The number of aliphatic imine (C=N–C) groups is 1. The van der Waals surface area contributed by atoms with Crippen LogP contribution in [-0.4, -0.2) is 59.6 Å². The van der Waals surface area contributed by atoms with Crippen molar-refractivity contribution in [1.29, 1.82) is 0 Å². The molecule has 2 heterocycles. The molecular weight excluding hydrogens is 588 g/mol. The van der Waals surface area contributed by atoms with Crippen LogP contribution in [0.1, 0.15) is 95.7 Å². The molecule has 1 aromatic carbocycles. The number of aromatic nitrogens is 1. The van der Waals surface area contributed by atoms with E-state index in [1.807, 2.05) is 24.3 Å². The Morgan fingerprint density at radius 1 is 0.773 bits per heavy atom. The minimum Gasteiger partial charge on any atom is -0.543 e. The maximum absolute atomic E-state index is 13.4. The van der Waals surface area contributed by atoms with Gasteiger partial charge in [0.1, 0.15) is 36.1 Å². The van der Waals surface area contributed by atoms with E-state index in [-0.39, 0.29) is 6.10 Å². The lowest BCUT2D eigenvalue weighted by molar-refractivity contribution is 0.131. The second kappa shape index (κ2) is 15.0. The number of hydrogen-bond donors (Lipinski definition) is 1. The number of aromatic amines is 1. The standard InChI is InChI=1S/C35H59FN2O4Si2/c1-22(2)43(23(3)4,24(5)6)39-21-32-20-37-35(41-32)34-15-14-33(38-34)29-16-30(40-28(13)19-36)18-31(17-29)42-44(25(7)8,26(9)10)27(11)12/h14-18,22-28,32,38H,19-21H2,1-13H3/t28-,32+/m0/s1. The average Bonchev–Trinajstić information content (AvgIpc) is 3.61. The maximum Gasteiger partial charge on any atom is 0.258 e. The zero-order valence-corrected chi connectivity index (χ0v) is 31.6. The fourth-order valence-electron chi connectivity index (χ4n) is 7.75. The summed E-state index contributed by atoms with van der Waals surface area (Å²) in [5.74, 6) is 1.97. The van der Waals surface area contributed by atoms with E-state index in [2.05, 4.69) is 94.1 Å². The van der Waals surface area contributed by atoms with Gasteiger partial charge in [0.2, 0.25) is 14.2 Å². The van der Waals surface area contributed by atoms with E-state index in [0.29, 0.717) is 58.0 Å². The number of nitrogens with zero attached hydrogens (tertiary/aromatic N) is 1. The van der Waals surface area contributed by atoms with Crippen LogP contribution in [-0.2, 0) is 9.16 Å². The topological polar surface area (TPSA) is 65.1 Å². The molecule has 3 rings (SSSR count). The predicted octanol–water partition coefficient (Wildman–Crippen LogP) is 10.3. The van der Waals surface area contributed by atoms with Crippen LogP contribution in [0.4, 0.5) is 4.39 Å². The van der Waals surface area contributed by atoms with Crippen LogP contribution in [0.2, 0.25) is 33.2 Å². The third-order valence-electron chi connectivity index (χ3n) is 9.61. The van der Waals surface area contributed by atoms with Gasteiger partial charge in [-0.15, -0.1) is 0 Å². The van der Waals surface area contributed by atoms with Crippen molar-refractivity contribution in [3.63, 3.8) is 0 Å². The Kier molecular flexibility index (Phi) is 12.4. The van der Waals surface area contributed by atoms with Gasteiger partial charge in [0.05, 0.1) is 13.2 Å². The van der Waals surface area contributed by atoms with Crippen molar-refractivity contribution in [1.82, 2.24) is 4.98 Å². The van der Waals surface area contributed by atoms with Gasteiger partial charge in [-0.3, -0.25) is 0 Å². The van der Waals surface area contributed by atoms with Crippen LogP contribution in [0.15, 0.2) is 35.3 Å². The van der Waals surface area contributed by atoms with Gasteiger partial charge in [0.25, 0.3) is 8.32 Å². The molecule has 0 amide bonds. The molecule has 2 aromatic rings. The van der Waals surface area contributed by atoms with Crippen LogP contribution >= 0.6 is 0 Å². The molecule has 2 atom stereocenters. The number of benzene rings is 1. The van der Waals surface area contributed by atoms with Crippen molar-refractivity contribution < 1.29 is 22.7 Å². The highest BCUT2D eigenvalue weighted by Crippen LogP contribution is 2.45. The van der Waals surface area contributed by atoms with Gasteiger partial charge in [-0.05, 0) is 64.4 Å². The SMILES string of the molecule is CC(C)[Si](OC[C@H]1CN=C(c2ccc(-c3cc(O[C@@H](C)CF)cc(O[Si](C(C)C)(C(C)C)C(C)C)c3)[nH]2)O1)(C(C)C)C(C)C. The summed E-state index contributed by atoms with van der Waals surface area (Å²) < 4.78 is 39.6. The van der Waals surface area contributed by atoms with Crippen molar-refractivity contribution in [2.45, 2.75) is 135 Å². The molecule has 6 nitrogen and oxygen atoms in total. The minimum absolute atomic E-state index is 0.0972. The van der Waals surface area contributed by atoms with Crippen molar-refractivity contribution in [2.24, 2.45) is 4.99 Å². The fourth-order valence-corrected chi connectivity index (χ4v) is 18.5. The Balaban J connectivity index is 1.86. The summed E-state index contributed by atoms with van der Waals surface area (Å²) in [6, 6.07) is 9.95. The van der Waals surface area contributed by atoms with Gasteiger partial charge in [0, 0.05) is 17.3 Å². The predicted molar refractivity (Wildman–Crippen MR) is 187 cm³/mol. The van der Waals surface area contributed by atoms with Crippen LogP contribution in [0.5, 0.6) is 11.5 Å². The van der Waals surface area contributed by atoms with Crippen molar-refractivity contribution >= 4 is 22.5 Å². The number of alkyl halides is 1. The van der Waals surface area contributed by atoms with Gasteiger partial charge in [-0.2, -0.15) is 0 Å². The Morgan fingerprint density at radius 3 is 1.82 bits per heavy atom. The summed E-state index contributed by atoms with van der Waals surface area (Å²) in [6.07, 6.45) is -0.649. The van der Waals surface area contributed by atoms with Gasteiger partial charge < -0.3 is 23.3 Å². The molecule has 0 radical (unpaired) electrons. The second-order valence-electron chi connectivity index (χ2n) is 14.5. The van der Waals surface area contributed by atoms with Gasteiger partial charge in [-0.1, -0.05) is 83.1 Å². The zero-order valence-electron chi connectivity index (χ0n) is 29.6. The number of ether oxygens (including phenoxy) is 2. The van der Waals surface area contributed by atoms with Crippen molar-refractivity contribution in [2.75, 3.05) is 19.8 Å². The molecule has 1 N–H and O–H groups in total. The smallest absolute Gasteiger partial charge is 0.258 e. The Labute approximate surface area is 268 Å². The Morgan fingerprint density at radius 2 is 1.30 bits per heavy atom. The normalized spacial score (nSPS) is 16.9. The molecule has 0 aliphatic carbocycles. The highest BCUT2D eigenvalue weighted by atomic mass is 28.4. The van der Waals surface area contributed by atoms with Crippen LogP contribution in [0, 0.1) is 0 Å². The van der Waals surface area contributed by atoms with Gasteiger partial charge >= 0.3 is 0 Å². The Hall–Kier alpha value is -2.11. The average molecular weight is 647 g/mol. The quantitative estimate of drug-likeness (QED) is 0.184. The first-order valence-electron chi connectivity index (χ1n) is 16.7. The number of rotatable bonds is 16. The van der Waals surface area contributed by atoms with Crippen LogP contribution in [0.3, 0.4) is 0 Å². The number of H-pyrrole nitrogens is 1. The van der Waals surface area contributed by atoms with Crippen molar-refractivity contribution in [3.8, 4) is 22.8 Å². The highest BCUT2D eigenvalue weighted by molar-refractivity contribution is 6.78. The zero-order chi connectivity index (χ0) is 33.0. The van der Waals surface area contributed by atoms with Gasteiger partial charge in [0.15, 0.2) is 0 Å². The first-order chi connectivity index (χ1) is 20.6. The monoisotopic (exact) mass is 646 g/mol. The molecule has 9 heteroatoms. The second-order valence-corrected chi connectivity index (χ2v) is 25.3. The summed E-state index contributed by atoms with van der Waals surface area (Å²) in [7, 11) is -4.20. The third-order valence-corrected chi connectivity index (χ3v) is 21.7. The molecule has 1 aliphatic rings. The fraction of sp³-hybridized carbons (Fsp3) is 0.686.